The second kappa shape index (κ2) is 4.91. The maximum absolute atomic E-state index is 9.00. The van der Waals surface area contributed by atoms with Crippen molar-refractivity contribution < 1.29 is 5.11 Å². The molecule has 2 rings (SSSR count). The van der Waals surface area contributed by atoms with Crippen LogP contribution in [0.25, 0.3) is 0 Å². The summed E-state index contributed by atoms with van der Waals surface area (Å²) >= 11 is 1.77. The third kappa shape index (κ3) is 2.35. The number of thiophene rings is 1. The molecule has 1 saturated carbocycles. The van der Waals surface area contributed by atoms with Crippen LogP contribution in [0.3, 0.4) is 0 Å². The summed E-state index contributed by atoms with van der Waals surface area (Å²) in [6.07, 6.45) is 4.78. The summed E-state index contributed by atoms with van der Waals surface area (Å²) in [5.74, 6) is 0. The van der Waals surface area contributed by atoms with Gasteiger partial charge in [-0.05, 0) is 30.7 Å². The average Bonchev–Trinajstić information content (AvgIpc) is 2.61. The van der Waals surface area contributed by atoms with Gasteiger partial charge in [-0.15, -0.1) is 11.3 Å². The monoisotopic (exact) mass is 211 g/mol. The van der Waals surface area contributed by atoms with Crippen molar-refractivity contribution in [3.05, 3.63) is 22.4 Å². The predicted octanol–water partition coefficient (Wildman–Crippen LogP) is 2.31. The minimum absolute atomic E-state index is 0.266. The number of aliphatic hydroxyl groups excluding tert-OH is 1. The zero-order valence-electron chi connectivity index (χ0n) is 8.28. The summed E-state index contributed by atoms with van der Waals surface area (Å²) in [6.45, 7) is 0.266. The van der Waals surface area contributed by atoms with Gasteiger partial charge in [0.25, 0.3) is 0 Å². The largest absolute Gasteiger partial charge is 0.396 e. The van der Waals surface area contributed by atoms with Crippen LogP contribution >= 0.6 is 11.3 Å². The van der Waals surface area contributed by atoms with Crippen LogP contribution < -0.4 is 5.32 Å². The molecule has 1 fully saturated rings. The van der Waals surface area contributed by atoms with Gasteiger partial charge in [-0.2, -0.15) is 0 Å². The molecule has 1 aliphatic rings. The van der Waals surface area contributed by atoms with Crippen LogP contribution in [0.4, 0.5) is 0 Å². The first kappa shape index (κ1) is 10.1. The van der Waals surface area contributed by atoms with Gasteiger partial charge in [0.05, 0.1) is 0 Å². The van der Waals surface area contributed by atoms with E-state index < -0.39 is 0 Å². The van der Waals surface area contributed by atoms with Crippen LogP contribution in [0.5, 0.6) is 0 Å². The summed E-state index contributed by atoms with van der Waals surface area (Å²) in [5.41, 5.74) is 0. The van der Waals surface area contributed by atoms with Gasteiger partial charge < -0.3 is 10.4 Å². The maximum atomic E-state index is 9.00. The number of rotatable bonds is 5. The molecule has 1 unspecified atom stereocenters. The molecule has 0 bridgehead atoms. The Kier molecular flexibility index (Phi) is 3.56. The number of hydrogen-bond donors (Lipinski definition) is 2. The van der Waals surface area contributed by atoms with E-state index in [1.54, 1.807) is 11.3 Å². The van der Waals surface area contributed by atoms with Gasteiger partial charge in [-0.25, -0.2) is 0 Å². The zero-order chi connectivity index (χ0) is 9.80. The van der Waals surface area contributed by atoms with Crippen LogP contribution in [-0.2, 0) is 0 Å². The van der Waals surface area contributed by atoms with Crippen molar-refractivity contribution in [1.82, 2.24) is 5.32 Å². The molecule has 0 aromatic carbocycles. The smallest absolute Gasteiger partial charge is 0.0449 e. The van der Waals surface area contributed by atoms with E-state index in [9.17, 15) is 0 Å². The molecule has 0 saturated heterocycles. The quantitative estimate of drug-likeness (QED) is 0.783. The molecule has 2 nitrogen and oxygen atoms in total. The molecule has 1 aromatic heterocycles. The highest BCUT2D eigenvalue weighted by molar-refractivity contribution is 7.10. The topological polar surface area (TPSA) is 32.3 Å². The van der Waals surface area contributed by atoms with Crippen molar-refractivity contribution in [2.24, 2.45) is 0 Å². The van der Waals surface area contributed by atoms with E-state index in [0.717, 1.165) is 6.42 Å². The van der Waals surface area contributed by atoms with Crippen LogP contribution in [0.1, 0.15) is 36.6 Å². The highest BCUT2D eigenvalue weighted by Crippen LogP contribution is 2.26. The predicted molar refractivity (Wildman–Crippen MR) is 59.5 cm³/mol. The molecule has 78 valence electrons. The summed E-state index contributed by atoms with van der Waals surface area (Å²) in [7, 11) is 0. The number of aliphatic hydroxyl groups is 1. The van der Waals surface area contributed by atoms with Crippen molar-refractivity contribution in [2.75, 3.05) is 6.61 Å². The lowest BCUT2D eigenvalue weighted by Crippen LogP contribution is -2.37. The molecule has 1 heterocycles. The Morgan fingerprint density at radius 1 is 1.57 bits per heavy atom. The lowest BCUT2D eigenvalue weighted by molar-refractivity contribution is 0.240. The fourth-order valence-corrected chi connectivity index (χ4v) is 2.61. The van der Waals surface area contributed by atoms with Gasteiger partial charge in [0, 0.05) is 23.6 Å². The van der Waals surface area contributed by atoms with E-state index in [-0.39, 0.29) is 6.61 Å². The van der Waals surface area contributed by atoms with E-state index in [1.165, 1.54) is 24.1 Å². The summed E-state index contributed by atoms with van der Waals surface area (Å²) in [4.78, 5) is 1.35. The van der Waals surface area contributed by atoms with Crippen LogP contribution in [0.15, 0.2) is 17.5 Å². The van der Waals surface area contributed by atoms with Crippen molar-refractivity contribution in [2.45, 2.75) is 37.8 Å². The zero-order valence-corrected chi connectivity index (χ0v) is 9.09. The van der Waals surface area contributed by atoms with Crippen molar-refractivity contribution in [3.63, 3.8) is 0 Å². The second-order valence-corrected chi connectivity index (χ2v) is 4.85. The van der Waals surface area contributed by atoms with Gasteiger partial charge in [-0.3, -0.25) is 0 Å². The third-order valence-electron chi connectivity index (χ3n) is 2.85. The molecule has 1 atom stereocenters. The van der Waals surface area contributed by atoms with Crippen molar-refractivity contribution >= 4 is 11.3 Å². The van der Waals surface area contributed by atoms with Crippen molar-refractivity contribution in [3.8, 4) is 0 Å². The Labute approximate surface area is 89.0 Å². The van der Waals surface area contributed by atoms with Crippen LogP contribution in [0, 0.1) is 0 Å². The van der Waals surface area contributed by atoms with Crippen molar-refractivity contribution in [1.29, 1.82) is 0 Å². The Morgan fingerprint density at radius 3 is 2.93 bits per heavy atom. The van der Waals surface area contributed by atoms with E-state index in [1.807, 2.05) is 0 Å². The minimum atomic E-state index is 0.266. The lowest BCUT2D eigenvalue weighted by atomic mass is 9.92. The SMILES string of the molecule is OCCC(NC1CCC1)c1cccs1. The first-order valence-electron chi connectivity index (χ1n) is 5.30. The van der Waals surface area contributed by atoms with E-state index in [4.69, 9.17) is 5.11 Å². The maximum Gasteiger partial charge on any atom is 0.0449 e. The van der Waals surface area contributed by atoms with E-state index in [2.05, 4.69) is 22.8 Å². The highest BCUT2D eigenvalue weighted by Gasteiger charge is 2.22. The fraction of sp³-hybridized carbons (Fsp3) is 0.636. The summed E-state index contributed by atoms with van der Waals surface area (Å²) < 4.78 is 0. The molecular weight excluding hydrogens is 194 g/mol. The Hall–Kier alpha value is -0.380. The number of hydrogen-bond acceptors (Lipinski definition) is 3. The van der Waals surface area contributed by atoms with Gasteiger partial charge in [0.1, 0.15) is 0 Å². The van der Waals surface area contributed by atoms with Gasteiger partial charge in [0.2, 0.25) is 0 Å². The molecule has 0 radical (unpaired) electrons. The number of nitrogens with one attached hydrogen (secondary N) is 1. The Bertz CT molecular complexity index is 256. The van der Waals surface area contributed by atoms with Gasteiger partial charge >= 0.3 is 0 Å². The van der Waals surface area contributed by atoms with Crippen LogP contribution in [0.2, 0.25) is 0 Å². The fourth-order valence-electron chi connectivity index (χ4n) is 1.79. The Morgan fingerprint density at radius 2 is 2.43 bits per heavy atom. The molecule has 1 aliphatic carbocycles. The Balaban J connectivity index is 1.92. The molecule has 14 heavy (non-hydrogen) atoms. The standard InChI is InChI=1S/C11H17NOS/c13-7-6-10(11-5-2-8-14-11)12-9-3-1-4-9/h2,5,8-10,12-13H,1,3-4,6-7H2. The highest BCUT2D eigenvalue weighted by atomic mass is 32.1. The first-order valence-corrected chi connectivity index (χ1v) is 6.18. The minimum Gasteiger partial charge on any atom is -0.396 e. The normalized spacial score (nSPS) is 19.2. The average molecular weight is 211 g/mol. The third-order valence-corrected chi connectivity index (χ3v) is 3.83. The summed E-state index contributed by atoms with van der Waals surface area (Å²) in [6, 6.07) is 5.28. The summed E-state index contributed by atoms with van der Waals surface area (Å²) in [5, 5.41) is 14.7. The van der Waals surface area contributed by atoms with E-state index in [0.29, 0.717) is 12.1 Å². The second-order valence-electron chi connectivity index (χ2n) is 3.87. The lowest BCUT2D eigenvalue weighted by Gasteiger charge is -2.31. The van der Waals surface area contributed by atoms with Crippen LogP contribution in [-0.4, -0.2) is 17.8 Å². The van der Waals surface area contributed by atoms with E-state index >= 15 is 0 Å². The molecule has 1 aromatic rings. The molecule has 0 spiro atoms. The van der Waals surface area contributed by atoms with Gasteiger partial charge in [-0.1, -0.05) is 12.5 Å². The molecule has 3 heteroatoms. The molecule has 0 amide bonds. The molecule has 2 N–H and O–H groups in total. The molecular formula is C11H17NOS. The molecule has 0 aliphatic heterocycles. The van der Waals surface area contributed by atoms with Gasteiger partial charge in [0.15, 0.2) is 0 Å². The first-order chi connectivity index (χ1) is 6.90.